The summed E-state index contributed by atoms with van der Waals surface area (Å²) in [6, 6.07) is 0. The standard InChI is InChI=1S/C8H16N2/c1-10-5-8(6-10)7-2-3-9-4-7/h7-9H,2-6H2,1H3. The monoisotopic (exact) mass is 140 g/mol. The highest BCUT2D eigenvalue weighted by Gasteiger charge is 2.32. The summed E-state index contributed by atoms with van der Waals surface area (Å²) in [5.41, 5.74) is 0. The lowest BCUT2D eigenvalue weighted by Gasteiger charge is -2.39. The third kappa shape index (κ3) is 1.06. The van der Waals surface area contributed by atoms with E-state index < -0.39 is 0 Å². The van der Waals surface area contributed by atoms with Gasteiger partial charge in [0.2, 0.25) is 0 Å². The van der Waals surface area contributed by atoms with Crippen molar-refractivity contribution in [1.82, 2.24) is 10.2 Å². The summed E-state index contributed by atoms with van der Waals surface area (Å²) < 4.78 is 0. The minimum atomic E-state index is 0.996. The van der Waals surface area contributed by atoms with E-state index in [0.29, 0.717) is 0 Å². The molecule has 58 valence electrons. The smallest absolute Gasteiger partial charge is 0.00221 e. The molecule has 2 aliphatic rings. The van der Waals surface area contributed by atoms with E-state index in [0.717, 1.165) is 11.8 Å². The lowest BCUT2D eigenvalue weighted by molar-refractivity contribution is 0.0902. The number of nitrogens with zero attached hydrogens (tertiary/aromatic N) is 1. The van der Waals surface area contributed by atoms with Crippen molar-refractivity contribution in [3.63, 3.8) is 0 Å². The highest BCUT2D eigenvalue weighted by Crippen LogP contribution is 2.26. The number of hydrogen-bond donors (Lipinski definition) is 1. The summed E-state index contributed by atoms with van der Waals surface area (Å²) in [6.45, 7) is 5.21. The molecule has 2 fully saturated rings. The Bertz CT molecular complexity index is 112. The Morgan fingerprint density at radius 3 is 2.60 bits per heavy atom. The van der Waals surface area contributed by atoms with Crippen molar-refractivity contribution in [1.29, 1.82) is 0 Å². The van der Waals surface area contributed by atoms with Gasteiger partial charge in [-0.05, 0) is 38.4 Å². The molecule has 0 amide bonds. The van der Waals surface area contributed by atoms with Crippen LogP contribution in [0.4, 0.5) is 0 Å². The van der Waals surface area contributed by atoms with Crippen molar-refractivity contribution in [3.8, 4) is 0 Å². The van der Waals surface area contributed by atoms with Gasteiger partial charge in [0.25, 0.3) is 0 Å². The molecular weight excluding hydrogens is 124 g/mol. The average Bonchev–Trinajstić information content (AvgIpc) is 2.31. The van der Waals surface area contributed by atoms with Crippen molar-refractivity contribution in [2.45, 2.75) is 6.42 Å². The summed E-state index contributed by atoms with van der Waals surface area (Å²) in [4.78, 5) is 2.41. The molecule has 1 N–H and O–H groups in total. The minimum Gasteiger partial charge on any atom is -0.316 e. The first-order chi connectivity index (χ1) is 4.86. The summed E-state index contributed by atoms with van der Waals surface area (Å²) >= 11 is 0. The second-order valence-corrected chi connectivity index (χ2v) is 3.73. The maximum Gasteiger partial charge on any atom is 0.00221 e. The second kappa shape index (κ2) is 2.51. The van der Waals surface area contributed by atoms with Crippen LogP contribution in [-0.4, -0.2) is 38.1 Å². The average molecular weight is 140 g/mol. The van der Waals surface area contributed by atoms with E-state index >= 15 is 0 Å². The number of likely N-dealkylation sites (tertiary alicyclic amines) is 1. The fourth-order valence-electron chi connectivity index (χ4n) is 2.12. The predicted molar refractivity (Wildman–Crippen MR) is 42.0 cm³/mol. The molecule has 1 unspecified atom stereocenters. The Morgan fingerprint density at radius 2 is 2.10 bits per heavy atom. The van der Waals surface area contributed by atoms with E-state index in [9.17, 15) is 0 Å². The van der Waals surface area contributed by atoms with E-state index in [1.54, 1.807) is 0 Å². The van der Waals surface area contributed by atoms with Crippen molar-refractivity contribution in [3.05, 3.63) is 0 Å². The molecule has 2 heteroatoms. The normalized spacial score (nSPS) is 36.3. The molecule has 0 aromatic rings. The van der Waals surface area contributed by atoms with E-state index in [1.165, 1.54) is 32.6 Å². The summed E-state index contributed by atoms with van der Waals surface area (Å²) in [5, 5.41) is 3.42. The number of nitrogens with one attached hydrogen (secondary N) is 1. The molecule has 1 atom stereocenters. The minimum absolute atomic E-state index is 0.996. The molecule has 10 heavy (non-hydrogen) atoms. The van der Waals surface area contributed by atoms with Crippen LogP contribution in [-0.2, 0) is 0 Å². The van der Waals surface area contributed by atoms with Crippen LogP contribution in [0.15, 0.2) is 0 Å². The van der Waals surface area contributed by atoms with Gasteiger partial charge in [0, 0.05) is 13.1 Å². The van der Waals surface area contributed by atoms with Crippen molar-refractivity contribution in [2.24, 2.45) is 11.8 Å². The van der Waals surface area contributed by atoms with Gasteiger partial charge in [0.15, 0.2) is 0 Å². The van der Waals surface area contributed by atoms with Gasteiger partial charge in [-0.1, -0.05) is 0 Å². The SMILES string of the molecule is CN1CC(C2CCNC2)C1. The Labute approximate surface area is 62.6 Å². The lowest BCUT2D eigenvalue weighted by atomic mass is 9.86. The van der Waals surface area contributed by atoms with E-state index in [4.69, 9.17) is 0 Å². The van der Waals surface area contributed by atoms with E-state index in [-0.39, 0.29) is 0 Å². The van der Waals surface area contributed by atoms with Gasteiger partial charge in [0.1, 0.15) is 0 Å². The first-order valence-electron chi connectivity index (χ1n) is 4.25. The Hall–Kier alpha value is -0.0800. The number of hydrogen-bond acceptors (Lipinski definition) is 2. The molecule has 2 rings (SSSR count). The molecule has 0 aliphatic carbocycles. The molecule has 2 nitrogen and oxygen atoms in total. The van der Waals surface area contributed by atoms with Crippen LogP contribution in [0.1, 0.15) is 6.42 Å². The van der Waals surface area contributed by atoms with Crippen LogP contribution < -0.4 is 5.32 Å². The largest absolute Gasteiger partial charge is 0.316 e. The fourth-order valence-corrected chi connectivity index (χ4v) is 2.12. The zero-order chi connectivity index (χ0) is 6.97. The summed E-state index contributed by atoms with van der Waals surface area (Å²) in [7, 11) is 2.21. The van der Waals surface area contributed by atoms with Gasteiger partial charge in [-0.3, -0.25) is 0 Å². The molecule has 0 aromatic carbocycles. The van der Waals surface area contributed by atoms with Crippen LogP contribution in [0.3, 0.4) is 0 Å². The predicted octanol–water partition coefficient (Wildman–Crippen LogP) is 0.158. The van der Waals surface area contributed by atoms with Crippen LogP contribution in [0, 0.1) is 11.8 Å². The van der Waals surface area contributed by atoms with Crippen LogP contribution in [0.25, 0.3) is 0 Å². The molecule has 2 saturated heterocycles. The maximum atomic E-state index is 3.42. The third-order valence-corrected chi connectivity index (χ3v) is 2.86. The van der Waals surface area contributed by atoms with Crippen molar-refractivity contribution in [2.75, 3.05) is 33.2 Å². The van der Waals surface area contributed by atoms with Gasteiger partial charge in [-0.25, -0.2) is 0 Å². The first-order valence-corrected chi connectivity index (χ1v) is 4.25. The first kappa shape index (κ1) is 6.62. The summed E-state index contributed by atoms with van der Waals surface area (Å²) in [5.74, 6) is 2.01. The van der Waals surface area contributed by atoms with Gasteiger partial charge in [-0.2, -0.15) is 0 Å². The zero-order valence-electron chi connectivity index (χ0n) is 6.64. The van der Waals surface area contributed by atoms with Gasteiger partial charge in [0.05, 0.1) is 0 Å². The topological polar surface area (TPSA) is 15.3 Å². The second-order valence-electron chi connectivity index (χ2n) is 3.73. The molecule has 0 saturated carbocycles. The van der Waals surface area contributed by atoms with Crippen molar-refractivity contribution < 1.29 is 0 Å². The molecule has 2 aliphatic heterocycles. The Kier molecular flexibility index (Phi) is 1.66. The third-order valence-electron chi connectivity index (χ3n) is 2.86. The summed E-state index contributed by atoms with van der Waals surface area (Å²) in [6.07, 6.45) is 1.42. The van der Waals surface area contributed by atoms with E-state index in [2.05, 4.69) is 17.3 Å². The van der Waals surface area contributed by atoms with Crippen LogP contribution >= 0.6 is 0 Å². The molecular formula is C8H16N2. The number of rotatable bonds is 1. The molecule has 0 spiro atoms. The van der Waals surface area contributed by atoms with E-state index in [1.807, 2.05) is 0 Å². The maximum absolute atomic E-state index is 3.42. The molecule has 0 radical (unpaired) electrons. The zero-order valence-corrected chi connectivity index (χ0v) is 6.64. The van der Waals surface area contributed by atoms with Crippen LogP contribution in [0.5, 0.6) is 0 Å². The van der Waals surface area contributed by atoms with Crippen LogP contribution in [0.2, 0.25) is 0 Å². The van der Waals surface area contributed by atoms with Gasteiger partial charge < -0.3 is 10.2 Å². The van der Waals surface area contributed by atoms with Crippen molar-refractivity contribution >= 4 is 0 Å². The molecule has 0 aromatic heterocycles. The quantitative estimate of drug-likeness (QED) is 0.558. The van der Waals surface area contributed by atoms with Gasteiger partial charge in [-0.15, -0.1) is 0 Å². The Balaban J connectivity index is 1.78. The fraction of sp³-hybridized carbons (Fsp3) is 1.00. The Morgan fingerprint density at radius 1 is 1.30 bits per heavy atom. The lowest BCUT2D eigenvalue weighted by Crippen LogP contribution is -2.47. The molecule has 2 heterocycles. The highest BCUT2D eigenvalue weighted by molar-refractivity contribution is 4.87. The van der Waals surface area contributed by atoms with Gasteiger partial charge >= 0.3 is 0 Å². The molecule has 0 bridgehead atoms. The highest BCUT2D eigenvalue weighted by atomic mass is 15.2.